The van der Waals surface area contributed by atoms with Gasteiger partial charge in [-0.25, -0.2) is 0 Å². The van der Waals surface area contributed by atoms with Crippen molar-refractivity contribution in [3.05, 3.63) is 23.0 Å². The number of rotatable bonds is 0. The molecule has 0 fully saturated rings. The second kappa shape index (κ2) is 3.79. The average Bonchev–Trinajstić information content (AvgIpc) is 2.62. The van der Waals surface area contributed by atoms with Gasteiger partial charge in [0.05, 0.1) is 0 Å². The minimum Gasteiger partial charge on any atom is -0.349 e. The largest absolute Gasteiger partial charge is 0.349 e. The van der Waals surface area contributed by atoms with Gasteiger partial charge in [0.2, 0.25) is 0 Å². The fourth-order valence-electron chi connectivity index (χ4n) is 1.80. The third-order valence-corrected chi connectivity index (χ3v) is 2.52. The van der Waals surface area contributed by atoms with Crippen LogP contribution in [0.3, 0.4) is 0 Å². The van der Waals surface area contributed by atoms with Crippen molar-refractivity contribution in [3.63, 3.8) is 0 Å². The van der Waals surface area contributed by atoms with Crippen LogP contribution in [0.1, 0.15) is 37.2 Å². The summed E-state index contributed by atoms with van der Waals surface area (Å²) in [5, 5.41) is 0. The summed E-state index contributed by atoms with van der Waals surface area (Å²) in [5.41, 5.74) is 4.46. The molecule has 0 spiro atoms. The van der Waals surface area contributed by atoms with Crippen molar-refractivity contribution in [2.75, 3.05) is 0 Å². The fraction of sp³-hybridized carbons (Fsp3) is 0.636. The van der Waals surface area contributed by atoms with E-state index in [1.807, 2.05) is 13.8 Å². The van der Waals surface area contributed by atoms with Gasteiger partial charge in [0.15, 0.2) is 0 Å². The van der Waals surface area contributed by atoms with Crippen LogP contribution in [0.5, 0.6) is 0 Å². The summed E-state index contributed by atoms with van der Waals surface area (Å²) >= 11 is 0. The minimum absolute atomic E-state index is 1.25. The lowest BCUT2D eigenvalue weighted by Gasteiger charge is -1.99. The Morgan fingerprint density at radius 1 is 1.25 bits per heavy atom. The van der Waals surface area contributed by atoms with E-state index in [1.165, 1.54) is 36.3 Å². The molecule has 0 aromatic carbocycles. The van der Waals surface area contributed by atoms with Crippen LogP contribution in [0.2, 0.25) is 0 Å². The van der Waals surface area contributed by atoms with Gasteiger partial charge in [0.1, 0.15) is 0 Å². The monoisotopic (exact) mass is 165 g/mol. The molecule has 0 atom stereocenters. The number of aromatic nitrogens is 1. The SMILES string of the molecule is CC.Cc1cc2n(c1C)CCC2. The van der Waals surface area contributed by atoms with Gasteiger partial charge in [-0.3, -0.25) is 0 Å². The minimum atomic E-state index is 1.25. The van der Waals surface area contributed by atoms with Gasteiger partial charge >= 0.3 is 0 Å². The molecule has 0 saturated heterocycles. The van der Waals surface area contributed by atoms with Crippen molar-refractivity contribution >= 4 is 0 Å². The third-order valence-electron chi connectivity index (χ3n) is 2.52. The Morgan fingerprint density at radius 2 is 1.92 bits per heavy atom. The first-order chi connectivity index (χ1) is 5.79. The van der Waals surface area contributed by atoms with E-state index in [0.29, 0.717) is 0 Å². The highest BCUT2D eigenvalue weighted by molar-refractivity contribution is 5.27. The highest BCUT2D eigenvalue weighted by Crippen LogP contribution is 2.21. The number of fused-ring (bicyclic) bond motifs is 1. The Morgan fingerprint density at radius 3 is 2.50 bits per heavy atom. The summed E-state index contributed by atoms with van der Waals surface area (Å²) in [6.45, 7) is 9.65. The molecule has 68 valence electrons. The molecule has 1 heteroatoms. The summed E-state index contributed by atoms with van der Waals surface area (Å²) in [5.74, 6) is 0. The highest BCUT2D eigenvalue weighted by atomic mass is 15.0. The summed E-state index contributed by atoms with van der Waals surface area (Å²) in [7, 11) is 0. The predicted octanol–water partition coefficient (Wildman–Crippen LogP) is 3.08. The van der Waals surface area contributed by atoms with E-state index in [9.17, 15) is 0 Å². The molecular formula is C11H19N. The Balaban J connectivity index is 0.000000336. The molecule has 0 N–H and O–H groups in total. The summed E-state index contributed by atoms with van der Waals surface area (Å²) in [6.07, 6.45) is 2.63. The zero-order valence-corrected chi connectivity index (χ0v) is 8.65. The second-order valence-electron chi connectivity index (χ2n) is 3.16. The van der Waals surface area contributed by atoms with Gasteiger partial charge in [-0.1, -0.05) is 13.8 Å². The topological polar surface area (TPSA) is 4.93 Å². The summed E-state index contributed by atoms with van der Waals surface area (Å²) in [4.78, 5) is 0. The van der Waals surface area contributed by atoms with E-state index < -0.39 is 0 Å². The van der Waals surface area contributed by atoms with Gasteiger partial charge in [-0.05, 0) is 38.3 Å². The third kappa shape index (κ3) is 1.40. The first-order valence-electron chi connectivity index (χ1n) is 4.94. The highest BCUT2D eigenvalue weighted by Gasteiger charge is 2.13. The number of nitrogens with zero attached hydrogens (tertiary/aromatic N) is 1. The predicted molar refractivity (Wildman–Crippen MR) is 53.6 cm³/mol. The maximum absolute atomic E-state index is 2.44. The smallest absolute Gasteiger partial charge is 0.0228 e. The maximum Gasteiger partial charge on any atom is 0.0228 e. The van der Waals surface area contributed by atoms with Crippen molar-refractivity contribution in [2.45, 2.75) is 47.1 Å². The lowest BCUT2D eigenvalue weighted by molar-refractivity contribution is 0.726. The van der Waals surface area contributed by atoms with Crippen LogP contribution >= 0.6 is 0 Å². The van der Waals surface area contributed by atoms with E-state index in [2.05, 4.69) is 24.5 Å². The molecule has 0 amide bonds. The molecule has 1 aromatic heterocycles. The number of hydrogen-bond donors (Lipinski definition) is 0. The first-order valence-corrected chi connectivity index (χ1v) is 4.94. The Bertz CT molecular complexity index is 258. The Kier molecular flexibility index (Phi) is 2.96. The van der Waals surface area contributed by atoms with E-state index in [0.717, 1.165) is 0 Å². The molecular weight excluding hydrogens is 146 g/mol. The summed E-state index contributed by atoms with van der Waals surface area (Å²) in [6, 6.07) is 2.32. The van der Waals surface area contributed by atoms with E-state index in [4.69, 9.17) is 0 Å². The van der Waals surface area contributed by atoms with Gasteiger partial charge < -0.3 is 4.57 Å². The number of aryl methyl sites for hydroxylation is 2. The molecule has 2 heterocycles. The van der Waals surface area contributed by atoms with E-state index in [1.54, 1.807) is 0 Å². The Hall–Kier alpha value is -0.720. The van der Waals surface area contributed by atoms with Gasteiger partial charge in [0, 0.05) is 17.9 Å². The molecule has 0 bridgehead atoms. The zero-order chi connectivity index (χ0) is 9.14. The molecule has 1 aliphatic rings. The van der Waals surface area contributed by atoms with Gasteiger partial charge in [-0.2, -0.15) is 0 Å². The lowest BCUT2D eigenvalue weighted by atomic mass is 10.2. The van der Waals surface area contributed by atoms with Crippen molar-refractivity contribution < 1.29 is 0 Å². The quantitative estimate of drug-likeness (QED) is 0.556. The van der Waals surface area contributed by atoms with E-state index >= 15 is 0 Å². The molecule has 1 nitrogen and oxygen atoms in total. The molecule has 1 aliphatic heterocycles. The molecule has 0 unspecified atom stereocenters. The van der Waals surface area contributed by atoms with Crippen molar-refractivity contribution in [1.29, 1.82) is 0 Å². The van der Waals surface area contributed by atoms with Crippen LogP contribution in [0, 0.1) is 13.8 Å². The first kappa shape index (κ1) is 9.37. The van der Waals surface area contributed by atoms with Crippen LogP contribution in [0.25, 0.3) is 0 Å². The zero-order valence-electron chi connectivity index (χ0n) is 8.65. The second-order valence-corrected chi connectivity index (χ2v) is 3.16. The molecule has 1 aromatic rings. The van der Waals surface area contributed by atoms with E-state index in [-0.39, 0.29) is 0 Å². The van der Waals surface area contributed by atoms with Crippen LogP contribution in [0.4, 0.5) is 0 Å². The Labute approximate surface area is 75.4 Å². The maximum atomic E-state index is 2.44. The van der Waals surface area contributed by atoms with Crippen LogP contribution in [0.15, 0.2) is 6.07 Å². The van der Waals surface area contributed by atoms with Crippen LogP contribution < -0.4 is 0 Å². The normalized spacial score (nSPS) is 13.7. The van der Waals surface area contributed by atoms with Gasteiger partial charge in [0.25, 0.3) is 0 Å². The van der Waals surface area contributed by atoms with Crippen molar-refractivity contribution in [3.8, 4) is 0 Å². The lowest BCUT2D eigenvalue weighted by Crippen LogP contribution is -1.94. The molecule has 0 aliphatic carbocycles. The molecule has 12 heavy (non-hydrogen) atoms. The standard InChI is InChI=1S/C9H13N.C2H6/c1-7-6-9-4-3-5-10(9)8(7)2;1-2/h6H,3-5H2,1-2H3;1-2H3. The van der Waals surface area contributed by atoms with Crippen molar-refractivity contribution in [2.24, 2.45) is 0 Å². The summed E-state index contributed by atoms with van der Waals surface area (Å²) < 4.78 is 2.44. The van der Waals surface area contributed by atoms with Crippen molar-refractivity contribution in [1.82, 2.24) is 4.57 Å². The average molecular weight is 165 g/mol. The number of hydrogen-bond acceptors (Lipinski definition) is 0. The van der Waals surface area contributed by atoms with Crippen LogP contribution in [-0.4, -0.2) is 4.57 Å². The molecule has 0 radical (unpaired) electrons. The van der Waals surface area contributed by atoms with Crippen LogP contribution in [-0.2, 0) is 13.0 Å². The fourth-order valence-corrected chi connectivity index (χ4v) is 1.80. The van der Waals surface area contributed by atoms with Gasteiger partial charge in [-0.15, -0.1) is 0 Å². The molecule has 2 rings (SSSR count). The molecule has 0 saturated carbocycles.